The van der Waals surface area contributed by atoms with Crippen LogP contribution >= 0.6 is 0 Å². The van der Waals surface area contributed by atoms with Crippen LogP contribution in [0, 0.1) is 0 Å². The van der Waals surface area contributed by atoms with Crippen LogP contribution in [0.5, 0.6) is 0 Å². The lowest BCUT2D eigenvalue weighted by molar-refractivity contribution is -0.147. The molecule has 0 saturated carbocycles. The molecule has 98 valence electrons. The molecule has 5 heteroatoms. The molecule has 2 fully saturated rings. The predicted octanol–water partition coefficient (Wildman–Crippen LogP) is -0.171. The van der Waals surface area contributed by atoms with Gasteiger partial charge in [0.05, 0.1) is 0 Å². The summed E-state index contributed by atoms with van der Waals surface area (Å²) in [5, 5.41) is 12.5. The zero-order valence-corrected chi connectivity index (χ0v) is 10.6. The van der Waals surface area contributed by atoms with Gasteiger partial charge < -0.3 is 10.4 Å². The van der Waals surface area contributed by atoms with Crippen LogP contribution in [0.4, 0.5) is 0 Å². The van der Waals surface area contributed by atoms with E-state index >= 15 is 0 Å². The van der Waals surface area contributed by atoms with Gasteiger partial charge in [-0.15, -0.1) is 0 Å². The van der Waals surface area contributed by atoms with Gasteiger partial charge in [0.2, 0.25) is 0 Å². The standard InChI is InChI=1S/C12H23N3O2/c1-2-3-11(12(16)17)15-8-10(9-15)14-6-4-13-5-7-14/h10-11,13H,2-9H2,1H3,(H,16,17). The number of rotatable bonds is 5. The second-order valence-corrected chi connectivity index (χ2v) is 5.04. The topological polar surface area (TPSA) is 55.8 Å². The van der Waals surface area contributed by atoms with Crippen LogP contribution in [0.2, 0.25) is 0 Å². The molecular formula is C12H23N3O2. The zero-order valence-electron chi connectivity index (χ0n) is 10.6. The molecule has 2 rings (SSSR count). The lowest BCUT2D eigenvalue weighted by atomic mass is 10.0. The minimum atomic E-state index is -0.661. The monoisotopic (exact) mass is 241 g/mol. The van der Waals surface area contributed by atoms with Crippen LogP contribution in [0.15, 0.2) is 0 Å². The van der Waals surface area contributed by atoms with Crippen LogP contribution < -0.4 is 5.32 Å². The maximum Gasteiger partial charge on any atom is 0.320 e. The molecular weight excluding hydrogens is 218 g/mol. The van der Waals surface area contributed by atoms with Crippen molar-refractivity contribution in [1.29, 1.82) is 0 Å². The van der Waals surface area contributed by atoms with Crippen molar-refractivity contribution in [3.8, 4) is 0 Å². The van der Waals surface area contributed by atoms with E-state index in [1.807, 2.05) is 6.92 Å². The summed E-state index contributed by atoms with van der Waals surface area (Å²) in [5.41, 5.74) is 0. The molecule has 0 radical (unpaired) electrons. The van der Waals surface area contributed by atoms with Gasteiger partial charge in [-0.05, 0) is 6.42 Å². The highest BCUT2D eigenvalue weighted by Crippen LogP contribution is 2.20. The van der Waals surface area contributed by atoms with E-state index in [1.54, 1.807) is 0 Å². The third-order valence-electron chi connectivity index (χ3n) is 3.85. The Hall–Kier alpha value is -0.650. The highest BCUT2D eigenvalue weighted by Gasteiger charge is 2.38. The first kappa shape index (κ1) is 12.8. The molecule has 0 aliphatic carbocycles. The summed E-state index contributed by atoms with van der Waals surface area (Å²) < 4.78 is 0. The lowest BCUT2D eigenvalue weighted by Crippen LogP contribution is -2.65. The number of likely N-dealkylation sites (tertiary alicyclic amines) is 1. The van der Waals surface area contributed by atoms with E-state index in [0.29, 0.717) is 6.04 Å². The molecule has 2 heterocycles. The van der Waals surface area contributed by atoms with E-state index in [0.717, 1.165) is 52.1 Å². The minimum absolute atomic E-state index is 0.265. The first-order chi connectivity index (χ1) is 8.22. The van der Waals surface area contributed by atoms with Crippen LogP contribution in [0.25, 0.3) is 0 Å². The van der Waals surface area contributed by atoms with Gasteiger partial charge in [0, 0.05) is 45.3 Å². The van der Waals surface area contributed by atoms with Gasteiger partial charge in [0.15, 0.2) is 0 Å². The van der Waals surface area contributed by atoms with E-state index in [1.165, 1.54) is 0 Å². The zero-order chi connectivity index (χ0) is 12.3. The van der Waals surface area contributed by atoms with Gasteiger partial charge in [-0.25, -0.2) is 0 Å². The number of carbonyl (C=O) groups is 1. The number of nitrogens with zero attached hydrogens (tertiary/aromatic N) is 2. The number of carboxylic acid groups (broad SMARTS) is 1. The third kappa shape index (κ3) is 2.97. The van der Waals surface area contributed by atoms with Gasteiger partial charge in [0.25, 0.3) is 0 Å². The number of carboxylic acids is 1. The molecule has 0 aromatic carbocycles. The number of nitrogens with one attached hydrogen (secondary N) is 1. The summed E-state index contributed by atoms with van der Waals surface area (Å²) in [7, 11) is 0. The van der Waals surface area contributed by atoms with Crippen molar-refractivity contribution in [1.82, 2.24) is 15.1 Å². The molecule has 0 aromatic heterocycles. The fourth-order valence-corrected chi connectivity index (χ4v) is 2.76. The predicted molar refractivity (Wildman–Crippen MR) is 66.1 cm³/mol. The summed E-state index contributed by atoms with van der Waals surface area (Å²) >= 11 is 0. The quantitative estimate of drug-likeness (QED) is 0.700. The van der Waals surface area contributed by atoms with Crippen molar-refractivity contribution in [2.45, 2.75) is 31.8 Å². The van der Waals surface area contributed by atoms with Crippen molar-refractivity contribution in [2.75, 3.05) is 39.3 Å². The van der Waals surface area contributed by atoms with E-state index < -0.39 is 5.97 Å². The fourth-order valence-electron chi connectivity index (χ4n) is 2.76. The first-order valence-electron chi connectivity index (χ1n) is 6.64. The highest BCUT2D eigenvalue weighted by molar-refractivity contribution is 5.73. The smallest absolute Gasteiger partial charge is 0.320 e. The Morgan fingerprint density at radius 1 is 1.41 bits per heavy atom. The van der Waals surface area contributed by atoms with Crippen LogP contribution in [-0.2, 0) is 4.79 Å². The molecule has 2 aliphatic rings. The molecule has 0 bridgehead atoms. The van der Waals surface area contributed by atoms with Gasteiger partial charge in [-0.1, -0.05) is 13.3 Å². The van der Waals surface area contributed by atoms with E-state index in [2.05, 4.69) is 15.1 Å². The van der Waals surface area contributed by atoms with Gasteiger partial charge in [-0.2, -0.15) is 0 Å². The summed E-state index contributed by atoms with van der Waals surface area (Å²) in [4.78, 5) is 15.7. The largest absolute Gasteiger partial charge is 0.480 e. The Bertz CT molecular complexity index is 260. The second-order valence-electron chi connectivity index (χ2n) is 5.04. The van der Waals surface area contributed by atoms with Gasteiger partial charge in [-0.3, -0.25) is 14.6 Å². The van der Waals surface area contributed by atoms with Crippen LogP contribution in [0.1, 0.15) is 19.8 Å². The average molecular weight is 241 g/mol. The summed E-state index contributed by atoms with van der Waals surface area (Å²) in [6.07, 6.45) is 1.70. The molecule has 17 heavy (non-hydrogen) atoms. The Kier molecular flexibility index (Phi) is 4.36. The van der Waals surface area contributed by atoms with Crippen molar-refractivity contribution in [2.24, 2.45) is 0 Å². The molecule has 0 aromatic rings. The number of hydrogen-bond acceptors (Lipinski definition) is 4. The lowest BCUT2D eigenvalue weighted by Gasteiger charge is -2.48. The summed E-state index contributed by atoms with van der Waals surface area (Å²) in [6.45, 7) is 8.23. The molecule has 2 saturated heterocycles. The first-order valence-corrected chi connectivity index (χ1v) is 6.64. The minimum Gasteiger partial charge on any atom is -0.480 e. The Labute approximate surface area is 103 Å². The van der Waals surface area contributed by atoms with E-state index in [4.69, 9.17) is 0 Å². The Morgan fingerprint density at radius 3 is 2.59 bits per heavy atom. The summed E-state index contributed by atoms with van der Waals surface area (Å²) in [6, 6.07) is 0.315. The average Bonchev–Trinajstić information content (AvgIpc) is 2.27. The highest BCUT2D eigenvalue weighted by atomic mass is 16.4. The Morgan fingerprint density at radius 2 is 2.06 bits per heavy atom. The number of hydrogen-bond donors (Lipinski definition) is 2. The maximum atomic E-state index is 11.1. The van der Waals surface area contributed by atoms with Crippen LogP contribution in [-0.4, -0.2) is 72.2 Å². The van der Waals surface area contributed by atoms with Crippen LogP contribution in [0.3, 0.4) is 0 Å². The molecule has 2 aliphatic heterocycles. The normalized spacial score (nSPS) is 25.5. The molecule has 2 N–H and O–H groups in total. The summed E-state index contributed by atoms with van der Waals surface area (Å²) in [5.74, 6) is -0.661. The molecule has 1 atom stereocenters. The molecule has 0 spiro atoms. The fraction of sp³-hybridized carbons (Fsp3) is 0.917. The number of piperazine rings is 1. The van der Waals surface area contributed by atoms with E-state index in [9.17, 15) is 9.90 Å². The maximum absolute atomic E-state index is 11.1. The third-order valence-corrected chi connectivity index (χ3v) is 3.85. The van der Waals surface area contributed by atoms with Gasteiger partial charge >= 0.3 is 5.97 Å². The van der Waals surface area contributed by atoms with E-state index in [-0.39, 0.29) is 6.04 Å². The molecule has 5 nitrogen and oxygen atoms in total. The van der Waals surface area contributed by atoms with Crippen molar-refractivity contribution >= 4 is 5.97 Å². The number of aliphatic carboxylic acids is 1. The second kappa shape index (κ2) is 5.80. The van der Waals surface area contributed by atoms with Crippen molar-refractivity contribution < 1.29 is 9.90 Å². The van der Waals surface area contributed by atoms with Crippen molar-refractivity contribution in [3.63, 3.8) is 0 Å². The SMILES string of the molecule is CCCC(C(=O)O)N1CC(N2CCNCC2)C1. The Balaban J connectivity index is 1.78. The molecule has 0 amide bonds. The molecule has 1 unspecified atom stereocenters. The van der Waals surface area contributed by atoms with Gasteiger partial charge in [0.1, 0.15) is 6.04 Å². The van der Waals surface area contributed by atoms with Crippen molar-refractivity contribution in [3.05, 3.63) is 0 Å².